The third-order valence-electron chi connectivity index (χ3n) is 2.59. The third kappa shape index (κ3) is 4.68. The van der Waals surface area contributed by atoms with Crippen LogP contribution in [-0.4, -0.2) is 11.7 Å². The summed E-state index contributed by atoms with van der Waals surface area (Å²) in [4.78, 5) is 0. The number of hydrogen-bond acceptors (Lipinski definition) is 3. The molecule has 7 heteroatoms. The number of nitrogens with zero attached hydrogens (tertiary/aromatic N) is 1. The van der Waals surface area contributed by atoms with Gasteiger partial charge in [0.05, 0.1) is 11.6 Å². The molecule has 112 valence electrons. The van der Waals surface area contributed by atoms with Gasteiger partial charge in [-0.2, -0.15) is 14.0 Å². The van der Waals surface area contributed by atoms with Crippen LogP contribution < -0.4 is 15.4 Å². The van der Waals surface area contributed by atoms with E-state index < -0.39 is 6.61 Å². The molecule has 0 aliphatic rings. The van der Waals surface area contributed by atoms with Crippen LogP contribution in [0.5, 0.6) is 5.75 Å². The zero-order valence-corrected chi connectivity index (χ0v) is 12.0. The third-order valence-corrected chi connectivity index (χ3v) is 2.79. The molecular weight excluding hydrogens is 308 g/mol. The predicted molar refractivity (Wildman–Crippen MR) is 84.1 cm³/mol. The molecule has 2 rings (SSSR count). The van der Waals surface area contributed by atoms with Crippen LogP contribution in [0.15, 0.2) is 48.5 Å². The van der Waals surface area contributed by atoms with Crippen molar-refractivity contribution >= 4 is 28.7 Å². The molecule has 0 saturated carbocycles. The molecule has 0 heterocycles. The van der Waals surface area contributed by atoms with E-state index in [0.717, 1.165) is 0 Å². The topological polar surface area (TPSA) is 57.1 Å². The molecule has 22 heavy (non-hydrogen) atoms. The van der Waals surface area contributed by atoms with Crippen LogP contribution in [-0.2, 0) is 0 Å². The summed E-state index contributed by atoms with van der Waals surface area (Å²) in [5.41, 5.74) is 1.81. The molecule has 0 fully saturated rings. The molecule has 0 atom stereocenters. The van der Waals surface area contributed by atoms with Gasteiger partial charge in [0, 0.05) is 11.4 Å². The lowest BCUT2D eigenvalue weighted by Crippen LogP contribution is -2.19. The highest BCUT2D eigenvalue weighted by Crippen LogP contribution is 2.18. The first-order valence-electron chi connectivity index (χ1n) is 6.20. The van der Waals surface area contributed by atoms with E-state index in [9.17, 15) is 8.78 Å². The largest absolute Gasteiger partial charge is 0.435 e. The molecule has 4 nitrogen and oxygen atoms in total. The standard InChI is InChI=1S/C15H11F2N3OS/c16-14(17)21-13-6-4-11(5-7-13)19-15(22)20-12-3-1-2-10(8-12)9-18/h1-8,14H,(H2,19,20,22). The Kier molecular flexibility index (Phi) is 5.22. The lowest BCUT2D eigenvalue weighted by Gasteiger charge is -2.11. The van der Waals surface area contributed by atoms with Gasteiger partial charge in [-0.1, -0.05) is 6.07 Å². The summed E-state index contributed by atoms with van der Waals surface area (Å²) < 4.78 is 28.3. The van der Waals surface area contributed by atoms with Gasteiger partial charge in [-0.05, 0) is 54.7 Å². The number of anilines is 2. The van der Waals surface area contributed by atoms with Crippen molar-refractivity contribution in [3.63, 3.8) is 0 Å². The van der Waals surface area contributed by atoms with Crippen LogP contribution >= 0.6 is 12.2 Å². The number of ether oxygens (including phenoxy) is 1. The highest BCUT2D eigenvalue weighted by molar-refractivity contribution is 7.80. The van der Waals surface area contributed by atoms with E-state index in [1.807, 2.05) is 6.07 Å². The van der Waals surface area contributed by atoms with Crippen molar-refractivity contribution in [3.05, 3.63) is 54.1 Å². The fourth-order valence-electron chi connectivity index (χ4n) is 1.68. The lowest BCUT2D eigenvalue weighted by atomic mass is 10.2. The van der Waals surface area contributed by atoms with E-state index >= 15 is 0 Å². The smallest absolute Gasteiger partial charge is 0.387 e. The molecule has 2 aromatic rings. The summed E-state index contributed by atoms with van der Waals surface area (Å²) in [5.74, 6) is 0.0705. The quantitative estimate of drug-likeness (QED) is 0.835. The highest BCUT2D eigenvalue weighted by atomic mass is 32.1. The predicted octanol–water partition coefficient (Wildman–Crippen LogP) is 3.97. The summed E-state index contributed by atoms with van der Waals surface area (Å²) in [6.07, 6.45) is 0. The van der Waals surface area contributed by atoms with Crippen LogP contribution in [0.3, 0.4) is 0 Å². The summed E-state index contributed by atoms with van der Waals surface area (Å²) >= 11 is 5.14. The van der Waals surface area contributed by atoms with Gasteiger partial charge < -0.3 is 15.4 Å². The summed E-state index contributed by atoms with van der Waals surface area (Å²) in [6, 6.07) is 14.8. The normalized spacial score (nSPS) is 9.91. The Labute approximate surface area is 131 Å². The molecule has 0 saturated heterocycles. The Morgan fingerprint density at radius 3 is 2.41 bits per heavy atom. The van der Waals surface area contributed by atoms with E-state index in [2.05, 4.69) is 15.4 Å². The monoisotopic (exact) mass is 319 g/mol. The second kappa shape index (κ2) is 7.33. The van der Waals surface area contributed by atoms with Crippen molar-refractivity contribution < 1.29 is 13.5 Å². The number of nitrogens with one attached hydrogen (secondary N) is 2. The van der Waals surface area contributed by atoms with E-state index in [1.165, 1.54) is 12.1 Å². The van der Waals surface area contributed by atoms with Gasteiger partial charge in [0.25, 0.3) is 0 Å². The van der Waals surface area contributed by atoms with Crippen LogP contribution in [0, 0.1) is 11.3 Å². The maximum Gasteiger partial charge on any atom is 0.387 e. The Hall–Kier alpha value is -2.72. The van der Waals surface area contributed by atoms with Crippen molar-refractivity contribution in [2.24, 2.45) is 0 Å². The maximum atomic E-state index is 12.0. The Morgan fingerprint density at radius 1 is 1.09 bits per heavy atom. The van der Waals surface area contributed by atoms with Crippen LogP contribution in [0.2, 0.25) is 0 Å². The van der Waals surface area contributed by atoms with Gasteiger partial charge in [0.1, 0.15) is 5.75 Å². The minimum absolute atomic E-state index is 0.0705. The second-order valence-electron chi connectivity index (χ2n) is 4.17. The number of halogens is 2. The molecule has 0 aromatic heterocycles. The summed E-state index contributed by atoms with van der Waals surface area (Å²) in [7, 11) is 0. The fourth-order valence-corrected chi connectivity index (χ4v) is 1.92. The molecule has 0 spiro atoms. The number of nitriles is 1. The number of alkyl halides is 2. The van der Waals surface area contributed by atoms with Gasteiger partial charge in [0.2, 0.25) is 0 Å². The summed E-state index contributed by atoms with van der Waals surface area (Å²) in [5, 5.41) is 15.0. The van der Waals surface area contributed by atoms with Gasteiger partial charge in [-0.15, -0.1) is 0 Å². The zero-order valence-electron chi connectivity index (χ0n) is 11.2. The Morgan fingerprint density at radius 2 is 1.77 bits per heavy atom. The van der Waals surface area contributed by atoms with E-state index in [1.54, 1.807) is 36.4 Å². The number of benzene rings is 2. The molecule has 0 aliphatic carbocycles. The maximum absolute atomic E-state index is 12.0. The van der Waals surface area contributed by atoms with Gasteiger partial charge >= 0.3 is 6.61 Å². The molecule has 0 aliphatic heterocycles. The van der Waals surface area contributed by atoms with Crippen molar-refractivity contribution in [3.8, 4) is 11.8 Å². The van der Waals surface area contributed by atoms with Crippen molar-refractivity contribution in [2.75, 3.05) is 10.6 Å². The molecule has 0 bridgehead atoms. The molecule has 0 unspecified atom stereocenters. The van der Waals surface area contributed by atoms with Gasteiger partial charge in [0.15, 0.2) is 5.11 Å². The van der Waals surface area contributed by atoms with Crippen molar-refractivity contribution in [1.29, 1.82) is 5.26 Å². The molecule has 0 amide bonds. The number of thiocarbonyl (C=S) groups is 1. The van der Waals surface area contributed by atoms with Crippen LogP contribution in [0.1, 0.15) is 5.56 Å². The highest BCUT2D eigenvalue weighted by Gasteiger charge is 2.04. The van der Waals surface area contributed by atoms with Crippen molar-refractivity contribution in [2.45, 2.75) is 6.61 Å². The van der Waals surface area contributed by atoms with E-state index in [-0.39, 0.29) is 5.75 Å². The molecule has 0 radical (unpaired) electrons. The summed E-state index contributed by atoms with van der Waals surface area (Å²) in [6.45, 7) is -2.85. The first-order valence-corrected chi connectivity index (χ1v) is 6.60. The van der Waals surface area contributed by atoms with E-state index in [4.69, 9.17) is 17.5 Å². The van der Waals surface area contributed by atoms with Crippen molar-refractivity contribution in [1.82, 2.24) is 0 Å². The zero-order chi connectivity index (χ0) is 15.9. The minimum atomic E-state index is -2.85. The molecule has 2 aromatic carbocycles. The number of rotatable bonds is 4. The van der Waals surface area contributed by atoms with Crippen LogP contribution in [0.25, 0.3) is 0 Å². The first kappa shape index (κ1) is 15.7. The molecule has 2 N–H and O–H groups in total. The Bertz CT molecular complexity index is 699. The Balaban J connectivity index is 1.95. The average Bonchev–Trinajstić information content (AvgIpc) is 2.49. The van der Waals surface area contributed by atoms with Gasteiger partial charge in [-0.25, -0.2) is 0 Å². The SMILES string of the molecule is N#Cc1cccc(NC(=S)Nc2ccc(OC(F)F)cc2)c1. The first-order chi connectivity index (χ1) is 10.6. The fraction of sp³-hybridized carbons (Fsp3) is 0.0667. The molecular formula is C15H11F2N3OS. The second-order valence-corrected chi connectivity index (χ2v) is 4.58. The van der Waals surface area contributed by atoms with Crippen LogP contribution in [0.4, 0.5) is 20.2 Å². The van der Waals surface area contributed by atoms with E-state index in [0.29, 0.717) is 22.1 Å². The number of hydrogen-bond donors (Lipinski definition) is 2. The lowest BCUT2D eigenvalue weighted by molar-refractivity contribution is -0.0498. The minimum Gasteiger partial charge on any atom is -0.435 e. The van der Waals surface area contributed by atoms with Gasteiger partial charge in [-0.3, -0.25) is 0 Å². The average molecular weight is 319 g/mol.